The van der Waals surface area contributed by atoms with Crippen LogP contribution in [0.3, 0.4) is 0 Å². The Morgan fingerprint density at radius 2 is 0.671 bits per heavy atom. The summed E-state index contributed by atoms with van der Waals surface area (Å²) in [6.45, 7) is 12.4. The van der Waals surface area contributed by atoms with Crippen molar-refractivity contribution in [3.63, 3.8) is 0 Å². The van der Waals surface area contributed by atoms with Crippen LogP contribution in [0.1, 0.15) is 254 Å². The monoisotopic (exact) mass is 1970 g/mol. The predicted molar refractivity (Wildman–Crippen MR) is 516 cm³/mol. The van der Waals surface area contributed by atoms with Crippen molar-refractivity contribution in [3.05, 3.63) is 106 Å². The number of unbranched alkanes of at least 4 members (excludes halogenated alkanes) is 13. The lowest BCUT2D eigenvalue weighted by Gasteiger charge is -2.18. The Morgan fingerprint density at radius 3 is 0.957 bits per heavy atom. The Bertz CT molecular complexity index is 5910. The second kappa shape index (κ2) is 53.0. The fourth-order valence-corrected chi connectivity index (χ4v) is 15.3. The number of hydrogen-bond donors (Lipinski definition) is 19. The SMILES string of the molecule is C.C.C.C.[2H]C1(n2cc(C(N)=O)c3c(N)nc(C)nc32)OC(COC(=O)CCOCCCCCCCCCCCCCCCC)C(O)C1O.[2H]C1(n2cc(C(N)=O)c3c(N)nc(C)nc32)OC(COC(=O)[C@@H](N)C(C)C)C(O)C1O.[2H]C1(n2cc(C(N)=O)c3c(N)nc(C)nc32)OC(COC(=O)[C@@H](N)Cc2ccccc2)C(O)C1O.[2H]C1(n2cc(C(N)=O)c3c(N)nc(C)nc32)OC(COC(=O)[C@H](C)N)C(O)C1O. The molecular formula is C92H143N23O25. The molecule has 13 rings (SSSR count). The third-order valence-corrected chi connectivity index (χ3v) is 22.7. The smallest absolute Gasteiger partial charge is 0.323 e. The fraction of sp³-hybridized carbons (Fsp3) is 0.587. The van der Waals surface area contributed by atoms with Crippen LogP contribution in [0.25, 0.3) is 44.1 Å². The molecule has 4 fully saturated rings. The van der Waals surface area contributed by atoms with Crippen LogP contribution >= 0.6 is 0 Å². The maximum absolute atomic E-state index is 12.4. The number of carbonyl (C=O) groups excluding carboxylic acids is 8. The van der Waals surface area contributed by atoms with Crippen LogP contribution in [-0.2, 0) is 68.2 Å². The van der Waals surface area contributed by atoms with Crippen LogP contribution < -0.4 is 63.1 Å². The van der Waals surface area contributed by atoms with Crippen molar-refractivity contribution >= 4 is 115 Å². The number of fused-ring (bicyclic) bond motifs is 4. The molecule has 4 saturated heterocycles. The van der Waals surface area contributed by atoms with Crippen LogP contribution in [0, 0.1) is 33.6 Å². The lowest BCUT2D eigenvalue weighted by molar-refractivity contribution is -0.153. The minimum absolute atomic E-state index is 0. The number of nitrogens with zero attached hydrogens (tertiary/aromatic N) is 12. The molecule has 140 heavy (non-hydrogen) atoms. The molecule has 776 valence electrons. The van der Waals surface area contributed by atoms with E-state index in [0.29, 0.717) is 6.61 Å². The molecule has 0 bridgehead atoms. The number of ether oxygens (including phenoxy) is 9. The largest absolute Gasteiger partial charge is 0.463 e. The zero-order chi connectivity index (χ0) is 103. The van der Waals surface area contributed by atoms with Crippen molar-refractivity contribution in [1.82, 2.24) is 58.1 Å². The number of nitrogen functional groups attached to an aromatic ring is 4. The van der Waals surface area contributed by atoms with E-state index in [1.54, 1.807) is 41.5 Å². The number of nitrogens with two attached hydrogens (primary N) is 11. The minimum Gasteiger partial charge on any atom is -0.463 e. The third-order valence-electron chi connectivity index (χ3n) is 22.7. The van der Waals surface area contributed by atoms with Crippen LogP contribution in [0.2, 0.25) is 0 Å². The van der Waals surface area contributed by atoms with Crippen molar-refractivity contribution in [2.24, 2.45) is 46.1 Å². The number of anilines is 4. The molecule has 19 atom stereocenters. The van der Waals surface area contributed by atoms with Crippen LogP contribution in [0.15, 0.2) is 55.1 Å². The summed E-state index contributed by atoms with van der Waals surface area (Å²) in [4.78, 5) is 129. The average molecular weight is 1980 g/mol. The molecule has 4 aliphatic rings. The van der Waals surface area contributed by atoms with E-state index in [-0.39, 0.29) is 168 Å². The van der Waals surface area contributed by atoms with E-state index in [9.17, 15) is 79.2 Å². The topological polar surface area (TPSA) is 791 Å². The van der Waals surface area contributed by atoms with Gasteiger partial charge in [-0.15, -0.1) is 0 Å². The number of amides is 4. The van der Waals surface area contributed by atoms with Crippen molar-refractivity contribution in [1.29, 1.82) is 0 Å². The number of aryl methyl sites for hydroxylation is 4. The molecule has 48 heteroatoms. The maximum atomic E-state index is 12.4. The van der Waals surface area contributed by atoms with E-state index in [0.717, 1.165) is 55.3 Å². The average Bonchev–Trinajstić information content (AvgIpc) is 1.59. The van der Waals surface area contributed by atoms with Crippen LogP contribution in [0.4, 0.5) is 23.3 Å². The van der Waals surface area contributed by atoms with E-state index in [2.05, 4.69) is 46.8 Å². The van der Waals surface area contributed by atoms with Gasteiger partial charge in [-0.1, -0.05) is 164 Å². The standard InChI is InChI=1S/C32H53N5O7.C22H26N6O6.C18H26N6O6.C16H22N6O6.4CH4/c1-3-4-5-6-7-8-9-10-11-12-13-14-15-16-18-42-19-17-25(38)43-21-24-27(39)28(40)32(44-24)37-20-23(30(34)41)26-29(33)35-22(2)36-31(26)37;1-10-26-18(24)15-12(19(25)31)8-28(20(15)27-10)21-17(30)16(29)14(34-21)9-33-22(32)13(23)7-11-5-3-2-4-6-11;1-6(2)11(19)18(28)29-5-9-12(25)13(26)17(30-9)24-4-8(15(21)27)10-14(20)22-7(3)23-16(10)24;1-5(17)16(26)27-4-8-10(23)11(24)15(28-8)22-3-7(13(19)25)9-12(18)20-6(2)21-14(9)22;;;;/h20,24,27-28,32,39-40H,3-19,21H2,1-2H3,(H2,34,41)(H2,33,35,36);2-6,8,13-14,16-17,21,29-30H,7,9,23H2,1H3,(H2,25,31)(H2,24,26,27);4,6,9,11-13,17,25-26H,5,19H2,1-3H3,(H2,21,27)(H2,20,22,23);3,5,8,10-11,15,23-24H,4,17H2,1-2H3,(H2,19,25)(H2,18,20,21);4*1H4/t;13-,14?,16?,17?,21?;9?,11-,12?,13?,17?;5-,8?,10?,11?,15?;;;;/m.000..../s1/i32D;21D;17D;15D;;;;. The van der Waals surface area contributed by atoms with Gasteiger partial charge in [0.15, 0.2) is 24.8 Å². The lowest BCUT2D eigenvalue weighted by atomic mass is 10.0. The van der Waals surface area contributed by atoms with E-state index >= 15 is 0 Å². The molecule has 4 amide bonds. The Kier molecular flexibility index (Phi) is 41.7. The van der Waals surface area contributed by atoms with Gasteiger partial charge < -0.3 is 165 Å². The molecule has 8 aromatic heterocycles. The molecule has 16 unspecified atom stereocenters. The fourth-order valence-electron chi connectivity index (χ4n) is 15.3. The Balaban J connectivity index is 0.000000295. The summed E-state index contributed by atoms with van der Waals surface area (Å²) in [6.07, 6.45) is -4.85. The number of aliphatic hydroxyl groups excluding tert-OH is 8. The first-order valence-corrected chi connectivity index (χ1v) is 44.5. The van der Waals surface area contributed by atoms with Crippen LogP contribution in [0.5, 0.6) is 0 Å². The van der Waals surface area contributed by atoms with Gasteiger partial charge in [-0.25, -0.2) is 39.9 Å². The normalized spacial score (nSPS) is 24.9. The van der Waals surface area contributed by atoms with E-state index in [1.807, 2.05) is 30.3 Å². The molecule has 48 nitrogen and oxygen atoms in total. The number of carbonyl (C=O) groups is 8. The summed E-state index contributed by atoms with van der Waals surface area (Å²) in [5, 5.41) is 84.9. The van der Waals surface area contributed by atoms with Gasteiger partial charge in [0.25, 0.3) is 23.6 Å². The van der Waals surface area contributed by atoms with E-state index in [4.69, 9.17) is 111 Å². The first-order chi connectivity index (χ1) is 66.0. The molecule has 1 aromatic carbocycles. The lowest BCUT2D eigenvalue weighted by Crippen LogP contribution is -2.40. The van der Waals surface area contributed by atoms with Crippen molar-refractivity contribution < 1.29 is 127 Å². The van der Waals surface area contributed by atoms with Gasteiger partial charge >= 0.3 is 23.9 Å². The second-order valence-electron chi connectivity index (χ2n) is 33.6. The molecule has 0 radical (unpaired) electrons. The molecule has 4 aliphatic heterocycles. The Morgan fingerprint density at radius 1 is 0.393 bits per heavy atom. The first kappa shape index (κ1) is 110. The van der Waals surface area contributed by atoms with Gasteiger partial charge in [0.1, 0.15) is 187 Å². The summed E-state index contributed by atoms with van der Waals surface area (Å²) < 4.78 is 87.7. The van der Waals surface area contributed by atoms with Gasteiger partial charge in [-0.05, 0) is 58.9 Å². The van der Waals surface area contributed by atoms with Gasteiger partial charge in [0.2, 0.25) is 0 Å². The summed E-state index contributed by atoms with van der Waals surface area (Å²) in [7, 11) is 0. The number of hydrogen-bond acceptors (Lipinski definition) is 40. The van der Waals surface area contributed by atoms with E-state index < -0.39 is 190 Å². The van der Waals surface area contributed by atoms with Crippen LogP contribution in [-0.4, -0.2) is 278 Å². The number of esters is 4. The molecule has 0 aliphatic carbocycles. The number of aliphatic hydroxyl groups is 8. The zero-order valence-electron chi connectivity index (χ0n) is 80.7. The molecule has 30 N–H and O–H groups in total. The summed E-state index contributed by atoms with van der Waals surface area (Å²) in [6, 6.07) is 6.39. The number of rotatable bonds is 40. The highest BCUT2D eigenvalue weighted by atomic mass is 16.6. The van der Waals surface area contributed by atoms with Gasteiger partial charge in [0.05, 0.1) is 62.3 Å². The van der Waals surface area contributed by atoms with Crippen molar-refractivity contribution in [2.45, 2.75) is 304 Å². The third kappa shape index (κ3) is 28.5. The molecular weight excluding hydrogens is 1830 g/mol. The van der Waals surface area contributed by atoms with Crippen molar-refractivity contribution in [3.8, 4) is 0 Å². The first-order valence-electron chi connectivity index (χ1n) is 46.5. The highest BCUT2D eigenvalue weighted by Crippen LogP contribution is 2.41. The number of aromatic nitrogens is 12. The maximum Gasteiger partial charge on any atom is 0.323 e. The number of benzene rings is 1. The summed E-state index contributed by atoms with van der Waals surface area (Å²) in [5.74, 6) is -5.51. The Labute approximate surface area is 815 Å². The summed E-state index contributed by atoms with van der Waals surface area (Å²) in [5.41, 5.74) is 63.2. The molecule has 0 spiro atoms. The highest BCUT2D eigenvalue weighted by molar-refractivity contribution is 6.11. The quantitative estimate of drug-likeness (QED) is 0.0149. The van der Waals surface area contributed by atoms with Gasteiger partial charge in [0, 0.05) is 31.4 Å². The van der Waals surface area contributed by atoms with Crippen molar-refractivity contribution in [2.75, 3.05) is 62.6 Å². The molecule has 9 aromatic rings. The molecule has 12 heterocycles. The minimum atomic E-state index is -2.35. The predicted octanol–water partition coefficient (Wildman–Crippen LogP) is 2.67. The summed E-state index contributed by atoms with van der Waals surface area (Å²) >= 11 is 0. The van der Waals surface area contributed by atoms with E-state index in [1.165, 1.54) is 90.2 Å². The molecule has 0 saturated carbocycles. The van der Waals surface area contributed by atoms with Gasteiger partial charge in [-0.3, -0.25) is 38.4 Å². The number of primary amides is 4. The second-order valence-corrected chi connectivity index (χ2v) is 33.6. The Hall–Kier alpha value is -12.0. The zero-order valence-corrected chi connectivity index (χ0v) is 76.7. The van der Waals surface area contributed by atoms with Gasteiger partial charge in [-0.2, -0.15) is 0 Å². The highest BCUT2D eigenvalue weighted by Gasteiger charge is 2.50.